The van der Waals surface area contributed by atoms with E-state index in [2.05, 4.69) is 10.1 Å². The predicted octanol–water partition coefficient (Wildman–Crippen LogP) is 1.69. The van der Waals surface area contributed by atoms with Crippen molar-refractivity contribution in [1.82, 2.24) is 10.6 Å². The number of benzene rings is 1. The molecule has 3 amide bonds. The van der Waals surface area contributed by atoms with Gasteiger partial charge in [0.2, 0.25) is 0 Å². The van der Waals surface area contributed by atoms with E-state index >= 15 is 0 Å². The largest absolute Gasteiger partial charge is 0.490 e. The molecule has 0 bridgehead atoms. The van der Waals surface area contributed by atoms with Crippen molar-refractivity contribution in [3.63, 3.8) is 0 Å². The fourth-order valence-electron chi connectivity index (χ4n) is 1.65. The van der Waals surface area contributed by atoms with Crippen molar-refractivity contribution in [2.24, 2.45) is 0 Å². The third-order valence-corrected chi connectivity index (χ3v) is 2.81. The number of hydrogen-bond acceptors (Lipinski definition) is 6. The Bertz CT molecular complexity index is 638. The predicted molar refractivity (Wildman–Crippen MR) is 81.7 cm³/mol. The van der Waals surface area contributed by atoms with Crippen molar-refractivity contribution >= 4 is 17.9 Å². The molecule has 0 aliphatic rings. The topological polar surface area (TPSA) is 103 Å². The normalized spacial score (nSPS) is 11.4. The standard InChI is InChI=1S/C15H18F2N2O6/c1-4-23-11-7-9(5-6-10(11)25-14(16)17)13(21)24-8(2)12(20)19-15(22)18-3/h5-8,14H,4H2,1-3H3,(H2,18,19,20,22)/t8-/m0/s1. The van der Waals surface area contributed by atoms with E-state index < -0.39 is 30.6 Å². The number of ether oxygens (including phenoxy) is 3. The zero-order valence-corrected chi connectivity index (χ0v) is 13.8. The van der Waals surface area contributed by atoms with Gasteiger partial charge < -0.3 is 19.5 Å². The highest BCUT2D eigenvalue weighted by atomic mass is 19.3. The fourth-order valence-corrected chi connectivity index (χ4v) is 1.65. The smallest absolute Gasteiger partial charge is 0.387 e. The zero-order chi connectivity index (χ0) is 19.0. The molecule has 0 aliphatic heterocycles. The van der Waals surface area contributed by atoms with Crippen LogP contribution in [0.15, 0.2) is 18.2 Å². The SMILES string of the molecule is CCOc1cc(C(=O)O[C@@H](C)C(=O)NC(=O)NC)ccc1OC(F)F. The Morgan fingerprint density at radius 2 is 1.88 bits per heavy atom. The molecule has 1 rings (SSSR count). The molecule has 0 aromatic heterocycles. The summed E-state index contributed by atoms with van der Waals surface area (Å²) in [4.78, 5) is 34.8. The van der Waals surface area contributed by atoms with Gasteiger partial charge in [-0.05, 0) is 32.0 Å². The minimum atomic E-state index is -3.05. The number of carbonyl (C=O) groups excluding carboxylic acids is 3. The van der Waals surface area contributed by atoms with Gasteiger partial charge in [0.1, 0.15) is 0 Å². The van der Waals surface area contributed by atoms with Crippen molar-refractivity contribution in [3.8, 4) is 11.5 Å². The van der Waals surface area contributed by atoms with Crippen LogP contribution in [-0.2, 0) is 9.53 Å². The lowest BCUT2D eigenvalue weighted by Gasteiger charge is -2.15. The summed E-state index contributed by atoms with van der Waals surface area (Å²) >= 11 is 0. The monoisotopic (exact) mass is 360 g/mol. The first-order chi connectivity index (χ1) is 11.8. The van der Waals surface area contributed by atoms with E-state index in [1.807, 2.05) is 5.32 Å². The van der Waals surface area contributed by atoms with E-state index in [4.69, 9.17) is 9.47 Å². The van der Waals surface area contributed by atoms with E-state index in [0.29, 0.717) is 0 Å². The molecule has 1 aromatic carbocycles. The van der Waals surface area contributed by atoms with Gasteiger partial charge >= 0.3 is 18.6 Å². The highest BCUT2D eigenvalue weighted by Crippen LogP contribution is 2.30. The van der Waals surface area contributed by atoms with E-state index in [-0.39, 0.29) is 23.7 Å². The molecule has 0 spiro atoms. The number of alkyl halides is 2. The number of halogens is 2. The minimum absolute atomic E-state index is 0.0374. The van der Waals surface area contributed by atoms with Crippen LogP contribution in [0.4, 0.5) is 13.6 Å². The highest BCUT2D eigenvalue weighted by Gasteiger charge is 2.22. The first kappa shape index (κ1) is 20.1. The molecule has 10 heteroatoms. The second kappa shape index (κ2) is 9.40. The summed E-state index contributed by atoms with van der Waals surface area (Å²) in [6.07, 6.45) is -1.25. The first-order valence-electron chi connectivity index (χ1n) is 7.23. The summed E-state index contributed by atoms with van der Waals surface area (Å²) in [5.74, 6) is -2.03. The molecule has 0 unspecified atom stereocenters. The lowest BCUT2D eigenvalue weighted by Crippen LogP contribution is -2.43. The molecule has 138 valence electrons. The number of hydrogen-bond donors (Lipinski definition) is 2. The van der Waals surface area contributed by atoms with Gasteiger partial charge in [0, 0.05) is 7.05 Å². The number of amides is 3. The minimum Gasteiger partial charge on any atom is -0.490 e. The van der Waals surface area contributed by atoms with E-state index in [1.165, 1.54) is 20.0 Å². The molecular formula is C15H18F2N2O6. The number of nitrogens with one attached hydrogen (secondary N) is 2. The summed E-state index contributed by atoms with van der Waals surface area (Å²) in [5, 5.41) is 4.13. The second-order valence-electron chi connectivity index (χ2n) is 4.59. The maximum atomic E-state index is 12.3. The third kappa shape index (κ3) is 6.24. The fraction of sp³-hybridized carbons (Fsp3) is 0.400. The Morgan fingerprint density at radius 3 is 2.44 bits per heavy atom. The van der Waals surface area contributed by atoms with E-state index in [9.17, 15) is 23.2 Å². The summed E-state index contributed by atoms with van der Waals surface area (Å²) in [5.41, 5.74) is -0.0374. The molecule has 0 saturated carbocycles. The average molecular weight is 360 g/mol. The number of esters is 1. The summed E-state index contributed by atoms with van der Waals surface area (Å²) in [6.45, 7) is 0.00432. The number of urea groups is 1. The van der Waals surface area contributed by atoms with Gasteiger partial charge in [-0.3, -0.25) is 10.1 Å². The molecule has 0 radical (unpaired) electrons. The molecule has 1 atom stereocenters. The van der Waals surface area contributed by atoms with Crippen LogP contribution in [0.25, 0.3) is 0 Å². The molecule has 1 aromatic rings. The quantitative estimate of drug-likeness (QED) is 0.718. The molecule has 25 heavy (non-hydrogen) atoms. The van der Waals surface area contributed by atoms with Gasteiger partial charge in [-0.2, -0.15) is 8.78 Å². The Labute approximate surface area is 142 Å². The van der Waals surface area contributed by atoms with Crippen LogP contribution in [0.3, 0.4) is 0 Å². The average Bonchev–Trinajstić information content (AvgIpc) is 2.55. The van der Waals surface area contributed by atoms with Gasteiger partial charge in [-0.1, -0.05) is 0 Å². The van der Waals surface area contributed by atoms with Gasteiger partial charge in [-0.15, -0.1) is 0 Å². The van der Waals surface area contributed by atoms with Crippen LogP contribution in [0, 0.1) is 0 Å². The molecule has 2 N–H and O–H groups in total. The first-order valence-corrected chi connectivity index (χ1v) is 7.23. The highest BCUT2D eigenvalue weighted by molar-refractivity contribution is 5.98. The Kier molecular flexibility index (Phi) is 7.57. The Hall–Kier alpha value is -2.91. The van der Waals surface area contributed by atoms with Crippen LogP contribution in [0.5, 0.6) is 11.5 Å². The summed E-state index contributed by atoms with van der Waals surface area (Å²) in [7, 11) is 1.32. The third-order valence-electron chi connectivity index (χ3n) is 2.81. The molecule has 0 fully saturated rings. The van der Waals surface area contributed by atoms with Gasteiger partial charge in [0.15, 0.2) is 17.6 Å². The molecular weight excluding hydrogens is 342 g/mol. The van der Waals surface area contributed by atoms with Crippen LogP contribution >= 0.6 is 0 Å². The number of imide groups is 1. The van der Waals surface area contributed by atoms with Crippen molar-refractivity contribution < 1.29 is 37.4 Å². The maximum Gasteiger partial charge on any atom is 0.387 e. The number of rotatable bonds is 7. The Balaban J connectivity index is 2.85. The van der Waals surface area contributed by atoms with Gasteiger partial charge in [0.25, 0.3) is 5.91 Å². The van der Waals surface area contributed by atoms with Crippen LogP contribution in [-0.4, -0.2) is 44.3 Å². The molecule has 0 heterocycles. The molecule has 0 aliphatic carbocycles. The van der Waals surface area contributed by atoms with Crippen molar-refractivity contribution in [1.29, 1.82) is 0 Å². The zero-order valence-electron chi connectivity index (χ0n) is 13.8. The lowest BCUT2D eigenvalue weighted by atomic mass is 10.2. The van der Waals surface area contributed by atoms with Gasteiger partial charge in [0.05, 0.1) is 12.2 Å². The van der Waals surface area contributed by atoms with Gasteiger partial charge in [-0.25, -0.2) is 9.59 Å². The van der Waals surface area contributed by atoms with E-state index in [1.54, 1.807) is 6.92 Å². The van der Waals surface area contributed by atoms with Crippen molar-refractivity contribution in [2.45, 2.75) is 26.6 Å². The van der Waals surface area contributed by atoms with Crippen LogP contribution in [0.2, 0.25) is 0 Å². The van der Waals surface area contributed by atoms with Crippen molar-refractivity contribution in [2.75, 3.05) is 13.7 Å². The maximum absolute atomic E-state index is 12.3. The molecule has 0 saturated heterocycles. The van der Waals surface area contributed by atoms with Crippen LogP contribution < -0.4 is 20.1 Å². The Morgan fingerprint density at radius 1 is 1.20 bits per heavy atom. The van der Waals surface area contributed by atoms with Crippen LogP contribution in [0.1, 0.15) is 24.2 Å². The molecule has 8 nitrogen and oxygen atoms in total. The summed E-state index contributed by atoms with van der Waals surface area (Å²) in [6, 6.07) is 2.72. The number of carbonyl (C=O) groups is 3. The van der Waals surface area contributed by atoms with E-state index in [0.717, 1.165) is 12.1 Å². The van der Waals surface area contributed by atoms with Crippen molar-refractivity contribution in [3.05, 3.63) is 23.8 Å². The summed E-state index contributed by atoms with van der Waals surface area (Å²) < 4.78 is 39.1. The second-order valence-corrected chi connectivity index (χ2v) is 4.59. The lowest BCUT2D eigenvalue weighted by molar-refractivity contribution is -0.127.